The molecule has 1 aliphatic rings. The molecule has 1 fully saturated rings. The summed E-state index contributed by atoms with van der Waals surface area (Å²) in [5, 5.41) is 4.06. The third kappa shape index (κ3) is 3.58. The fraction of sp³-hybridized carbons (Fsp3) is 0.500. The van der Waals surface area contributed by atoms with Crippen molar-refractivity contribution in [2.75, 3.05) is 5.33 Å². The van der Waals surface area contributed by atoms with Crippen LogP contribution in [0, 0.1) is 0 Å². The molecule has 0 atom stereocenters. The molecule has 0 bridgehead atoms. The lowest BCUT2D eigenvalue weighted by atomic mass is 10.00. The quantitative estimate of drug-likeness (QED) is 0.797. The van der Waals surface area contributed by atoms with Gasteiger partial charge in [0.25, 0.3) is 0 Å². The van der Waals surface area contributed by atoms with Gasteiger partial charge in [-0.1, -0.05) is 56.8 Å². The lowest BCUT2D eigenvalue weighted by Crippen LogP contribution is -2.48. The molecule has 1 amide bonds. The summed E-state index contributed by atoms with van der Waals surface area (Å²) in [6.07, 6.45) is 5.05. The van der Waals surface area contributed by atoms with Gasteiger partial charge < -0.3 is 5.32 Å². The van der Waals surface area contributed by atoms with E-state index < -0.39 is 0 Å². The smallest absolute Gasteiger partial charge is 0.224 e. The summed E-state index contributed by atoms with van der Waals surface area (Å²) in [5.41, 5.74) is 1.04. The monoisotopic (exact) mass is 373 g/mol. The van der Waals surface area contributed by atoms with Crippen LogP contribution >= 0.6 is 31.9 Å². The highest BCUT2D eigenvalue weighted by Gasteiger charge is 2.33. The van der Waals surface area contributed by atoms with E-state index in [-0.39, 0.29) is 11.4 Å². The van der Waals surface area contributed by atoms with Crippen LogP contribution in [-0.4, -0.2) is 16.8 Å². The topological polar surface area (TPSA) is 29.1 Å². The number of hydrogen-bond donors (Lipinski definition) is 1. The lowest BCUT2D eigenvalue weighted by molar-refractivity contribution is -0.122. The lowest BCUT2D eigenvalue weighted by Gasteiger charge is -2.28. The molecule has 1 aromatic rings. The Morgan fingerprint density at radius 3 is 2.67 bits per heavy atom. The molecular formula is C14H17Br2NO. The molecule has 4 heteroatoms. The van der Waals surface area contributed by atoms with Crippen LogP contribution in [0.3, 0.4) is 0 Å². The van der Waals surface area contributed by atoms with E-state index in [1.54, 1.807) is 0 Å². The van der Waals surface area contributed by atoms with E-state index in [0.717, 1.165) is 28.2 Å². The zero-order chi connectivity index (χ0) is 13.0. The first-order valence-corrected chi connectivity index (χ1v) is 8.16. The minimum absolute atomic E-state index is 0.0108. The number of hydrogen-bond acceptors (Lipinski definition) is 1. The number of carbonyl (C=O) groups is 1. The van der Waals surface area contributed by atoms with Gasteiger partial charge in [0.2, 0.25) is 5.91 Å². The van der Waals surface area contributed by atoms with Crippen molar-refractivity contribution in [1.29, 1.82) is 0 Å². The highest BCUT2D eigenvalue weighted by molar-refractivity contribution is 9.10. The maximum Gasteiger partial charge on any atom is 0.224 e. The molecule has 0 heterocycles. The second kappa shape index (κ2) is 6.20. The standard InChI is InChI=1S/C14H17Br2NO/c15-10-14(6-1-2-7-14)17-13(18)9-11-4-3-5-12(16)8-11/h3-5,8H,1-2,6-7,9-10H2,(H,17,18). The Bertz CT molecular complexity index is 428. The average Bonchev–Trinajstić information content (AvgIpc) is 2.78. The first-order valence-electron chi connectivity index (χ1n) is 6.25. The van der Waals surface area contributed by atoms with Gasteiger partial charge in [0.15, 0.2) is 0 Å². The molecule has 1 N–H and O–H groups in total. The average molecular weight is 375 g/mol. The van der Waals surface area contributed by atoms with Crippen LogP contribution in [0.4, 0.5) is 0 Å². The third-order valence-corrected chi connectivity index (χ3v) is 5.04. The first-order chi connectivity index (χ1) is 8.63. The second-order valence-corrected chi connectivity index (χ2v) is 6.45. The van der Waals surface area contributed by atoms with E-state index in [4.69, 9.17) is 0 Å². The van der Waals surface area contributed by atoms with Gasteiger partial charge in [-0.3, -0.25) is 4.79 Å². The predicted molar refractivity (Wildman–Crippen MR) is 81.0 cm³/mol. The van der Waals surface area contributed by atoms with E-state index in [2.05, 4.69) is 37.2 Å². The van der Waals surface area contributed by atoms with E-state index in [1.165, 1.54) is 12.8 Å². The SMILES string of the molecule is O=C(Cc1cccc(Br)c1)NC1(CBr)CCCC1. The molecule has 2 rings (SSSR count). The Hall–Kier alpha value is -0.350. The van der Waals surface area contributed by atoms with Crippen LogP contribution in [-0.2, 0) is 11.2 Å². The molecule has 0 spiro atoms. The minimum atomic E-state index is -0.0108. The number of alkyl halides is 1. The zero-order valence-electron chi connectivity index (χ0n) is 10.2. The van der Waals surface area contributed by atoms with Crippen molar-refractivity contribution < 1.29 is 4.79 Å². The van der Waals surface area contributed by atoms with Gasteiger partial charge in [-0.25, -0.2) is 0 Å². The molecule has 98 valence electrons. The van der Waals surface area contributed by atoms with Gasteiger partial charge in [-0.05, 0) is 30.5 Å². The summed E-state index contributed by atoms with van der Waals surface area (Å²) in [6.45, 7) is 0. The van der Waals surface area contributed by atoms with Gasteiger partial charge >= 0.3 is 0 Å². The van der Waals surface area contributed by atoms with Crippen LogP contribution in [0.1, 0.15) is 31.2 Å². The maximum atomic E-state index is 12.1. The summed E-state index contributed by atoms with van der Waals surface area (Å²) in [7, 11) is 0. The Morgan fingerprint density at radius 1 is 1.33 bits per heavy atom. The van der Waals surface area contributed by atoms with E-state index in [9.17, 15) is 4.79 Å². The fourth-order valence-corrected chi connectivity index (χ4v) is 3.66. The van der Waals surface area contributed by atoms with Crippen molar-refractivity contribution in [3.8, 4) is 0 Å². The van der Waals surface area contributed by atoms with Crippen molar-refractivity contribution in [1.82, 2.24) is 5.32 Å². The number of rotatable bonds is 4. The molecule has 18 heavy (non-hydrogen) atoms. The van der Waals surface area contributed by atoms with Gasteiger partial charge in [0.1, 0.15) is 0 Å². The van der Waals surface area contributed by atoms with Crippen molar-refractivity contribution in [3.63, 3.8) is 0 Å². The van der Waals surface area contributed by atoms with Crippen molar-refractivity contribution >= 4 is 37.8 Å². The molecule has 0 aliphatic heterocycles. The first kappa shape index (κ1) is 14.1. The van der Waals surface area contributed by atoms with Crippen molar-refractivity contribution in [3.05, 3.63) is 34.3 Å². The van der Waals surface area contributed by atoms with Crippen LogP contribution in [0.5, 0.6) is 0 Å². The largest absolute Gasteiger partial charge is 0.350 e. The third-order valence-electron chi connectivity index (χ3n) is 3.47. The second-order valence-electron chi connectivity index (χ2n) is 4.98. The predicted octanol–water partition coefficient (Wildman–Crippen LogP) is 3.82. The van der Waals surface area contributed by atoms with Gasteiger partial charge in [-0.15, -0.1) is 0 Å². The summed E-state index contributed by atoms with van der Waals surface area (Å²) in [5.74, 6) is 0.120. The number of amides is 1. The Kier molecular flexibility index (Phi) is 4.84. The highest BCUT2D eigenvalue weighted by atomic mass is 79.9. The van der Waals surface area contributed by atoms with Crippen LogP contribution in [0.25, 0.3) is 0 Å². The summed E-state index contributed by atoms with van der Waals surface area (Å²) in [4.78, 5) is 12.1. The van der Waals surface area contributed by atoms with E-state index >= 15 is 0 Å². The van der Waals surface area contributed by atoms with Gasteiger partial charge in [-0.2, -0.15) is 0 Å². The summed E-state index contributed by atoms with van der Waals surface area (Å²) >= 11 is 6.96. The summed E-state index contributed by atoms with van der Waals surface area (Å²) < 4.78 is 1.02. The van der Waals surface area contributed by atoms with Gasteiger partial charge in [0.05, 0.1) is 6.42 Å². The fourth-order valence-electron chi connectivity index (χ4n) is 2.52. The maximum absolute atomic E-state index is 12.1. The highest BCUT2D eigenvalue weighted by Crippen LogP contribution is 2.31. The van der Waals surface area contributed by atoms with E-state index in [1.807, 2.05) is 24.3 Å². The number of halogens is 2. The molecule has 0 radical (unpaired) electrons. The molecule has 0 aromatic heterocycles. The Balaban J connectivity index is 1.96. The van der Waals surface area contributed by atoms with Gasteiger partial charge in [0, 0.05) is 15.3 Å². The number of carbonyl (C=O) groups excluding carboxylic acids is 1. The zero-order valence-corrected chi connectivity index (χ0v) is 13.4. The number of benzene rings is 1. The summed E-state index contributed by atoms with van der Waals surface area (Å²) in [6, 6.07) is 7.91. The molecule has 1 aromatic carbocycles. The Morgan fingerprint density at radius 2 is 2.06 bits per heavy atom. The molecular weight excluding hydrogens is 358 g/mol. The Labute approximate surface area is 125 Å². The molecule has 0 unspecified atom stereocenters. The molecule has 1 aliphatic carbocycles. The van der Waals surface area contributed by atoms with Crippen LogP contribution in [0.2, 0.25) is 0 Å². The molecule has 0 saturated heterocycles. The minimum Gasteiger partial charge on any atom is -0.350 e. The normalized spacial score (nSPS) is 17.7. The molecule has 2 nitrogen and oxygen atoms in total. The van der Waals surface area contributed by atoms with E-state index in [0.29, 0.717) is 6.42 Å². The molecule has 1 saturated carbocycles. The van der Waals surface area contributed by atoms with Crippen molar-refractivity contribution in [2.24, 2.45) is 0 Å². The van der Waals surface area contributed by atoms with Crippen LogP contribution < -0.4 is 5.32 Å². The number of nitrogens with one attached hydrogen (secondary N) is 1. The van der Waals surface area contributed by atoms with Crippen molar-refractivity contribution in [2.45, 2.75) is 37.6 Å². The van der Waals surface area contributed by atoms with Crippen LogP contribution in [0.15, 0.2) is 28.7 Å².